The lowest BCUT2D eigenvalue weighted by Crippen LogP contribution is -2.14. The number of thioether (sulfide) groups is 1. The summed E-state index contributed by atoms with van der Waals surface area (Å²) in [6, 6.07) is 8.29. The predicted molar refractivity (Wildman–Crippen MR) is 65.4 cm³/mol. The second-order valence-corrected chi connectivity index (χ2v) is 5.25. The van der Waals surface area contributed by atoms with E-state index in [4.69, 9.17) is 4.74 Å². The minimum absolute atomic E-state index is 0.391. The molecule has 1 fully saturated rings. The highest BCUT2D eigenvalue weighted by Gasteiger charge is 2.24. The van der Waals surface area contributed by atoms with Crippen LogP contribution in [0.15, 0.2) is 24.3 Å². The maximum atomic E-state index is 5.63. The van der Waals surface area contributed by atoms with Gasteiger partial charge in [0.25, 0.3) is 0 Å². The topological polar surface area (TPSA) is 21.3 Å². The highest BCUT2D eigenvalue weighted by Crippen LogP contribution is 2.38. The van der Waals surface area contributed by atoms with Crippen molar-refractivity contribution in [3.63, 3.8) is 0 Å². The smallest absolute Gasteiger partial charge is 0.124 e. The summed E-state index contributed by atoms with van der Waals surface area (Å²) in [6.45, 7) is 6.08. The zero-order valence-electron chi connectivity index (χ0n) is 9.19. The van der Waals surface area contributed by atoms with Crippen molar-refractivity contribution in [1.82, 2.24) is 5.32 Å². The van der Waals surface area contributed by atoms with Crippen molar-refractivity contribution in [3.05, 3.63) is 29.8 Å². The molecule has 2 rings (SSSR count). The summed E-state index contributed by atoms with van der Waals surface area (Å²) in [5, 5.41) is 4.58. The molecule has 0 aliphatic carbocycles. The van der Waals surface area contributed by atoms with E-state index in [0.717, 1.165) is 18.9 Å². The van der Waals surface area contributed by atoms with Gasteiger partial charge in [-0.05, 0) is 13.0 Å². The minimum atomic E-state index is 0.391. The van der Waals surface area contributed by atoms with Crippen LogP contribution in [0.4, 0.5) is 0 Å². The normalized spacial score (nSPS) is 25.5. The average molecular weight is 223 g/mol. The fraction of sp³-hybridized carbons (Fsp3) is 0.500. The van der Waals surface area contributed by atoms with Crippen LogP contribution in [-0.4, -0.2) is 18.4 Å². The van der Waals surface area contributed by atoms with E-state index in [1.165, 1.54) is 5.56 Å². The highest BCUT2D eigenvalue weighted by molar-refractivity contribution is 8.00. The van der Waals surface area contributed by atoms with Gasteiger partial charge in [0.1, 0.15) is 5.75 Å². The SMILES string of the molecule is CCOc1ccccc1C1NCC(C)S1. The summed E-state index contributed by atoms with van der Waals surface area (Å²) in [5.74, 6) is 1.01. The number of nitrogens with one attached hydrogen (secondary N) is 1. The molecule has 2 atom stereocenters. The molecule has 1 aliphatic heterocycles. The molecule has 2 unspecified atom stereocenters. The van der Waals surface area contributed by atoms with E-state index in [2.05, 4.69) is 24.4 Å². The monoisotopic (exact) mass is 223 g/mol. The zero-order chi connectivity index (χ0) is 10.7. The van der Waals surface area contributed by atoms with Crippen molar-refractivity contribution in [1.29, 1.82) is 0 Å². The molecule has 15 heavy (non-hydrogen) atoms. The van der Waals surface area contributed by atoms with Crippen LogP contribution in [0.2, 0.25) is 0 Å². The third-order valence-electron chi connectivity index (χ3n) is 2.46. The fourth-order valence-corrected chi connectivity index (χ4v) is 2.96. The first-order chi connectivity index (χ1) is 7.31. The van der Waals surface area contributed by atoms with Gasteiger partial charge in [0.2, 0.25) is 0 Å². The molecule has 0 aromatic heterocycles. The number of hydrogen-bond donors (Lipinski definition) is 1. The number of hydrogen-bond acceptors (Lipinski definition) is 3. The molecule has 0 amide bonds. The Hall–Kier alpha value is -0.670. The molecule has 2 nitrogen and oxygen atoms in total. The van der Waals surface area contributed by atoms with Crippen LogP contribution in [0.1, 0.15) is 24.8 Å². The van der Waals surface area contributed by atoms with Gasteiger partial charge in [-0.2, -0.15) is 0 Å². The lowest BCUT2D eigenvalue weighted by Gasteiger charge is -2.15. The van der Waals surface area contributed by atoms with Crippen molar-refractivity contribution in [3.8, 4) is 5.75 Å². The van der Waals surface area contributed by atoms with Crippen LogP contribution >= 0.6 is 11.8 Å². The minimum Gasteiger partial charge on any atom is -0.494 e. The molecule has 1 aromatic rings. The second-order valence-electron chi connectivity index (χ2n) is 3.71. The Kier molecular flexibility index (Phi) is 3.54. The molecule has 0 bridgehead atoms. The number of rotatable bonds is 3. The van der Waals surface area contributed by atoms with Gasteiger partial charge in [-0.25, -0.2) is 0 Å². The third-order valence-corrected chi connectivity index (χ3v) is 3.78. The molecule has 1 heterocycles. The standard InChI is InChI=1S/C12H17NOS/c1-3-14-11-7-5-4-6-10(11)12-13-8-9(2)15-12/h4-7,9,12-13H,3,8H2,1-2H3. The van der Waals surface area contributed by atoms with Crippen molar-refractivity contribution < 1.29 is 4.74 Å². The van der Waals surface area contributed by atoms with Gasteiger partial charge in [-0.3, -0.25) is 0 Å². The van der Waals surface area contributed by atoms with E-state index in [1.54, 1.807) is 0 Å². The van der Waals surface area contributed by atoms with Crippen molar-refractivity contribution >= 4 is 11.8 Å². The first kappa shape index (κ1) is 10.8. The van der Waals surface area contributed by atoms with Crippen molar-refractivity contribution in [2.45, 2.75) is 24.5 Å². The highest BCUT2D eigenvalue weighted by atomic mass is 32.2. The molecule has 1 aromatic carbocycles. The van der Waals surface area contributed by atoms with Gasteiger partial charge in [0, 0.05) is 17.4 Å². The number of para-hydroxylation sites is 1. The van der Waals surface area contributed by atoms with Gasteiger partial charge in [-0.15, -0.1) is 11.8 Å². The van der Waals surface area contributed by atoms with Crippen LogP contribution in [0.5, 0.6) is 5.75 Å². The van der Waals surface area contributed by atoms with Crippen LogP contribution < -0.4 is 10.1 Å². The summed E-state index contributed by atoms with van der Waals surface area (Å²) in [7, 11) is 0. The van der Waals surface area contributed by atoms with Gasteiger partial charge in [-0.1, -0.05) is 25.1 Å². The Morgan fingerprint density at radius 3 is 2.93 bits per heavy atom. The molecular formula is C12H17NOS. The first-order valence-corrected chi connectivity index (χ1v) is 6.36. The Morgan fingerprint density at radius 1 is 1.47 bits per heavy atom. The van der Waals surface area contributed by atoms with Gasteiger partial charge < -0.3 is 10.1 Å². The van der Waals surface area contributed by atoms with Crippen LogP contribution in [-0.2, 0) is 0 Å². The number of benzene rings is 1. The lowest BCUT2D eigenvalue weighted by atomic mass is 10.2. The molecule has 1 N–H and O–H groups in total. The van der Waals surface area contributed by atoms with E-state index in [0.29, 0.717) is 10.6 Å². The lowest BCUT2D eigenvalue weighted by molar-refractivity contribution is 0.335. The van der Waals surface area contributed by atoms with Crippen LogP contribution in [0, 0.1) is 0 Å². The quantitative estimate of drug-likeness (QED) is 0.851. The molecular weight excluding hydrogens is 206 g/mol. The molecule has 82 valence electrons. The largest absolute Gasteiger partial charge is 0.494 e. The second kappa shape index (κ2) is 4.90. The van der Waals surface area contributed by atoms with Crippen molar-refractivity contribution in [2.24, 2.45) is 0 Å². The van der Waals surface area contributed by atoms with E-state index >= 15 is 0 Å². The molecule has 3 heteroatoms. The van der Waals surface area contributed by atoms with Crippen LogP contribution in [0.3, 0.4) is 0 Å². The Balaban J connectivity index is 2.19. The third kappa shape index (κ3) is 2.47. The van der Waals surface area contributed by atoms with Crippen LogP contribution in [0.25, 0.3) is 0 Å². The van der Waals surface area contributed by atoms with Gasteiger partial charge in [0.05, 0.1) is 12.0 Å². The summed E-state index contributed by atoms with van der Waals surface area (Å²) >= 11 is 1.97. The van der Waals surface area contributed by atoms with E-state index < -0.39 is 0 Å². The Morgan fingerprint density at radius 2 is 2.27 bits per heavy atom. The molecule has 0 saturated carbocycles. The van der Waals surface area contributed by atoms with E-state index in [-0.39, 0.29) is 0 Å². The molecule has 0 spiro atoms. The maximum Gasteiger partial charge on any atom is 0.124 e. The number of ether oxygens (including phenoxy) is 1. The maximum absolute atomic E-state index is 5.63. The zero-order valence-corrected chi connectivity index (χ0v) is 10.0. The summed E-state index contributed by atoms with van der Waals surface area (Å²) in [6.07, 6.45) is 0. The first-order valence-electron chi connectivity index (χ1n) is 5.42. The summed E-state index contributed by atoms with van der Waals surface area (Å²) in [5.41, 5.74) is 1.27. The Labute approximate surface area is 95.4 Å². The molecule has 0 radical (unpaired) electrons. The van der Waals surface area contributed by atoms with Gasteiger partial charge in [0.15, 0.2) is 0 Å². The fourth-order valence-electron chi connectivity index (χ4n) is 1.77. The van der Waals surface area contributed by atoms with Crippen molar-refractivity contribution in [2.75, 3.05) is 13.2 Å². The predicted octanol–water partition coefficient (Wildman–Crippen LogP) is 2.81. The average Bonchev–Trinajstić information content (AvgIpc) is 2.66. The van der Waals surface area contributed by atoms with E-state index in [9.17, 15) is 0 Å². The Bertz CT molecular complexity index is 329. The summed E-state index contributed by atoms with van der Waals surface area (Å²) in [4.78, 5) is 0. The van der Waals surface area contributed by atoms with E-state index in [1.807, 2.05) is 30.8 Å². The molecule has 1 aliphatic rings. The molecule has 1 saturated heterocycles. The summed E-state index contributed by atoms with van der Waals surface area (Å²) < 4.78 is 5.63. The van der Waals surface area contributed by atoms with Gasteiger partial charge >= 0.3 is 0 Å².